The molecule has 13 heavy (non-hydrogen) atoms. The second-order valence-corrected chi connectivity index (χ2v) is 4.18. The zero-order chi connectivity index (χ0) is 9.26. The molecule has 0 aromatic carbocycles. The van der Waals surface area contributed by atoms with Gasteiger partial charge in [0.1, 0.15) is 0 Å². The zero-order valence-electron chi connectivity index (χ0n) is 8.25. The normalized spacial score (nSPS) is 28.5. The maximum absolute atomic E-state index is 11.8. The number of nitrogens with zero attached hydrogens (tertiary/aromatic N) is 1. The molecule has 0 unspecified atom stereocenters. The molecule has 1 aliphatic heterocycles. The second-order valence-electron chi connectivity index (χ2n) is 4.18. The van der Waals surface area contributed by atoms with Crippen LogP contribution in [0.25, 0.3) is 0 Å². The van der Waals surface area contributed by atoms with Crippen molar-refractivity contribution in [3.8, 4) is 0 Å². The monoisotopic (exact) mass is 182 g/mol. The maximum Gasteiger partial charge on any atom is 0.239 e. The van der Waals surface area contributed by atoms with Crippen molar-refractivity contribution in [1.82, 2.24) is 10.2 Å². The van der Waals surface area contributed by atoms with E-state index in [1.165, 1.54) is 25.7 Å². The third-order valence-corrected chi connectivity index (χ3v) is 3.05. The topological polar surface area (TPSA) is 32.3 Å². The van der Waals surface area contributed by atoms with Crippen LogP contribution >= 0.6 is 0 Å². The summed E-state index contributed by atoms with van der Waals surface area (Å²) in [6.45, 7) is 1.01. The Labute approximate surface area is 79.5 Å². The summed E-state index contributed by atoms with van der Waals surface area (Å²) in [5.74, 6) is 0.308. The fourth-order valence-electron chi connectivity index (χ4n) is 1.95. The highest BCUT2D eigenvalue weighted by molar-refractivity contribution is 5.82. The van der Waals surface area contributed by atoms with Crippen molar-refractivity contribution in [2.75, 3.05) is 13.6 Å². The Bertz CT molecular complexity index is 195. The van der Waals surface area contributed by atoms with Crippen LogP contribution in [0, 0.1) is 0 Å². The summed E-state index contributed by atoms with van der Waals surface area (Å²) in [6.07, 6.45) is 5.85. The summed E-state index contributed by atoms with van der Waals surface area (Å²) in [6, 6.07) is 0.663. The van der Waals surface area contributed by atoms with E-state index >= 15 is 0 Å². The van der Waals surface area contributed by atoms with Gasteiger partial charge in [0.25, 0.3) is 0 Å². The van der Waals surface area contributed by atoms with Gasteiger partial charge >= 0.3 is 0 Å². The molecule has 3 heteroatoms. The van der Waals surface area contributed by atoms with Gasteiger partial charge in [0, 0.05) is 13.1 Å². The van der Waals surface area contributed by atoms with E-state index < -0.39 is 0 Å². The number of likely N-dealkylation sites (N-methyl/N-ethyl adjacent to an activating group) is 1. The van der Waals surface area contributed by atoms with Crippen molar-refractivity contribution < 1.29 is 4.79 Å². The van der Waals surface area contributed by atoms with Gasteiger partial charge in [0.2, 0.25) is 5.91 Å². The van der Waals surface area contributed by atoms with Crippen molar-refractivity contribution in [3.63, 3.8) is 0 Å². The smallest absolute Gasteiger partial charge is 0.239 e. The van der Waals surface area contributed by atoms with Crippen molar-refractivity contribution in [2.24, 2.45) is 0 Å². The largest absolute Gasteiger partial charge is 0.341 e. The van der Waals surface area contributed by atoms with Crippen LogP contribution in [0.15, 0.2) is 0 Å². The minimum atomic E-state index is 0.111. The van der Waals surface area contributed by atoms with E-state index in [0.29, 0.717) is 11.9 Å². The highest BCUT2D eigenvalue weighted by atomic mass is 16.2. The number of amides is 1. The van der Waals surface area contributed by atoms with E-state index in [0.717, 1.165) is 13.0 Å². The van der Waals surface area contributed by atoms with Gasteiger partial charge in [-0.3, -0.25) is 4.79 Å². The van der Waals surface area contributed by atoms with E-state index in [1.807, 2.05) is 11.9 Å². The fourth-order valence-corrected chi connectivity index (χ4v) is 1.95. The molecule has 1 aliphatic carbocycles. The van der Waals surface area contributed by atoms with E-state index in [4.69, 9.17) is 0 Å². The average molecular weight is 182 g/mol. The average Bonchev–Trinajstić information content (AvgIpc) is 3.00. The van der Waals surface area contributed by atoms with Gasteiger partial charge < -0.3 is 10.2 Å². The molecule has 1 heterocycles. The minimum absolute atomic E-state index is 0.111. The molecule has 1 saturated heterocycles. The first-order valence-electron chi connectivity index (χ1n) is 5.29. The van der Waals surface area contributed by atoms with Crippen LogP contribution in [0.1, 0.15) is 32.1 Å². The molecule has 3 nitrogen and oxygen atoms in total. The predicted octanol–water partition coefficient (Wildman–Crippen LogP) is 0.749. The Hall–Kier alpha value is -0.570. The number of hydrogen-bond acceptors (Lipinski definition) is 2. The summed E-state index contributed by atoms with van der Waals surface area (Å²) >= 11 is 0. The van der Waals surface area contributed by atoms with E-state index in [1.54, 1.807) is 0 Å². The number of rotatable bonds is 2. The molecular formula is C10H18N2O. The lowest BCUT2D eigenvalue weighted by molar-refractivity contribution is -0.133. The first kappa shape index (κ1) is 9.00. The lowest BCUT2D eigenvalue weighted by atomic mass is 10.0. The summed E-state index contributed by atoms with van der Waals surface area (Å²) in [4.78, 5) is 13.8. The van der Waals surface area contributed by atoms with Crippen molar-refractivity contribution >= 4 is 5.91 Å². The van der Waals surface area contributed by atoms with Crippen molar-refractivity contribution in [3.05, 3.63) is 0 Å². The quantitative estimate of drug-likeness (QED) is 0.683. The van der Waals surface area contributed by atoms with Gasteiger partial charge in [-0.05, 0) is 32.2 Å². The number of nitrogens with one attached hydrogen (secondary N) is 1. The van der Waals surface area contributed by atoms with Crippen LogP contribution in [0.5, 0.6) is 0 Å². The zero-order valence-corrected chi connectivity index (χ0v) is 8.25. The highest BCUT2D eigenvalue weighted by Gasteiger charge is 2.33. The summed E-state index contributed by atoms with van der Waals surface area (Å²) in [7, 11) is 1.94. The molecule has 2 fully saturated rings. The van der Waals surface area contributed by atoms with Gasteiger partial charge in [-0.2, -0.15) is 0 Å². The van der Waals surface area contributed by atoms with Gasteiger partial charge in [-0.15, -0.1) is 0 Å². The second kappa shape index (κ2) is 3.66. The Balaban J connectivity index is 1.86. The first-order chi connectivity index (χ1) is 6.29. The third-order valence-electron chi connectivity index (χ3n) is 3.05. The molecule has 0 spiro atoms. The van der Waals surface area contributed by atoms with E-state index in [-0.39, 0.29) is 6.04 Å². The van der Waals surface area contributed by atoms with Gasteiger partial charge in [-0.1, -0.05) is 6.42 Å². The molecule has 2 rings (SSSR count). The van der Waals surface area contributed by atoms with Crippen LogP contribution in [0.4, 0.5) is 0 Å². The van der Waals surface area contributed by atoms with Gasteiger partial charge in [0.15, 0.2) is 0 Å². The molecule has 74 valence electrons. The molecule has 2 aliphatic rings. The molecular weight excluding hydrogens is 164 g/mol. The summed E-state index contributed by atoms with van der Waals surface area (Å²) in [5, 5.41) is 3.29. The third kappa shape index (κ3) is 2.02. The molecule has 0 aromatic heterocycles. The molecule has 1 N–H and O–H groups in total. The Morgan fingerprint density at radius 2 is 2.08 bits per heavy atom. The number of carbonyl (C=O) groups is 1. The van der Waals surface area contributed by atoms with E-state index in [9.17, 15) is 4.79 Å². The fraction of sp³-hybridized carbons (Fsp3) is 0.900. The molecule has 1 amide bonds. The summed E-state index contributed by atoms with van der Waals surface area (Å²) in [5.41, 5.74) is 0. The maximum atomic E-state index is 11.8. The minimum Gasteiger partial charge on any atom is -0.341 e. The Morgan fingerprint density at radius 1 is 1.31 bits per heavy atom. The Kier molecular flexibility index (Phi) is 2.54. The number of piperidine rings is 1. The van der Waals surface area contributed by atoms with Gasteiger partial charge in [-0.25, -0.2) is 0 Å². The number of carbonyl (C=O) groups excluding carboxylic acids is 1. The molecule has 1 saturated carbocycles. The highest BCUT2D eigenvalue weighted by Crippen LogP contribution is 2.26. The molecule has 0 radical (unpaired) electrons. The van der Waals surface area contributed by atoms with Crippen LogP contribution < -0.4 is 5.32 Å². The molecule has 0 aromatic rings. The van der Waals surface area contributed by atoms with Crippen LogP contribution in [0.2, 0.25) is 0 Å². The summed E-state index contributed by atoms with van der Waals surface area (Å²) < 4.78 is 0. The van der Waals surface area contributed by atoms with Crippen LogP contribution in [-0.4, -0.2) is 36.5 Å². The van der Waals surface area contributed by atoms with Gasteiger partial charge in [0.05, 0.1) is 6.04 Å². The lowest BCUT2D eigenvalue weighted by Crippen LogP contribution is -2.47. The van der Waals surface area contributed by atoms with Crippen molar-refractivity contribution in [1.29, 1.82) is 0 Å². The predicted molar refractivity (Wildman–Crippen MR) is 51.4 cm³/mol. The first-order valence-corrected chi connectivity index (χ1v) is 5.29. The lowest BCUT2D eigenvalue weighted by Gasteiger charge is -2.27. The molecule has 0 bridgehead atoms. The standard InChI is InChI=1S/C10H18N2O/c1-12(8-5-6-8)10(13)9-4-2-3-7-11-9/h8-9,11H,2-7H2,1H3/t9-/m1/s1. The van der Waals surface area contributed by atoms with Crippen LogP contribution in [0.3, 0.4) is 0 Å². The Morgan fingerprint density at radius 3 is 2.62 bits per heavy atom. The van der Waals surface area contributed by atoms with Crippen molar-refractivity contribution in [2.45, 2.75) is 44.2 Å². The van der Waals surface area contributed by atoms with E-state index in [2.05, 4.69) is 5.32 Å². The number of hydrogen-bond donors (Lipinski definition) is 1. The SMILES string of the molecule is CN(C(=O)[C@H]1CCCCN1)C1CC1. The molecule has 1 atom stereocenters. The van der Waals surface area contributed by atoms with Crippen LogP contribution in [-0.2, 0) is 4.79 Å².